The molecule has 132 valence electrons. The molecule has 7 heteroatoms. The first-order valence-electron chi connectivity index (χ1n) is 7.99. The number of pyridine rings is 1. The second-order valence-electron chi connectivity index (χ2n) is 6.02. The highest BCUT2D eigenvalue weighted by Crippen LogP contribution is 2.09. The van der Waals surface area contributed by atoms with Crippen molar-refractivity contribution < 1.29 is 9.59 Å². The van der Waals surface area contributed by atoms with Gasteiger partial charge in [0.25, 0.3) is 11.5 Å². The minimum absolute atomic E-state index is 0.0550. The molecule has 1 heterocycles. The number of urea groups is 1. The summed E-state index contributed by atoms with van der Waals surface area (Å²) in [5.74, 6) is -0.431. The fourth-order valence-corrected chi connectivity index (χ4v) is 2.16. The number of rotatable bonds is 5. The van der Waals surface area contributed by atoms with Gasteiger partial charge in [0, 0.05) is 24.0 Å². The minimum atomic E-state index is -0.431. The number of H-pyrrole nitrogens is 1. The van der Waals surface area contributed by atoms with Crippen LogP contribution in [0.4, 0.5) is 10.5 Å². The first-order valence-corrected chi connectivity index (χ1v) is 7.99. The van der Waals surface area contributed by atoms with E-state index < -0.39 is 11.5 Å². The molecule has 0 aliphatic carbocycles. The molecule has 2 rings (SSSR count). The molecule has 1 aromatic carbocycles. The lowest BCUT2D eigenvalue weighted by molar-refractivity contribution is 0.0949. The van der Waals surface area contributed by atoms with Crippen molar-refractivity contribution >= 4 is 17.6 Å². The molecule has 0 aliphatic rings. The molecule has 4 N–H and O–H groups in total. The van der Waals surface area contributed by atoms with Crippen LogP contribution >= 0.6 is 0 Å². The molecule has 0 aliphatic heterocycles. The molecule has 7 nitrogen and oxygen atoms in total. The molecule has 0 saturated heterocycles. The summed E-state index contributed by atoms with van der Waals surface area (Å²) in [7, 11) is 0. The molecule has 25 heavy (non-hydrogen) atoms. The van der Waals surface area contributed by atoms with Gasteiger partial charge < -0.3 is 20.9 Å². The van der Waals surface area contributed by atoms with E-state index in [1.165, 1.54) is 6.07 Å². The van der Waals surface area contributed by atoms with Gasteiger partial charge in [-0.15, -0.1) is 0 Å². The number of anilines is 1. The Morgan fingerprint density at radius 2 is 1.76 bits per heavy atom. The molecule has 0 radical (unpaired) electrons. The van der Waals surface area contributed by atoms with Crippen molar-refractivity contribution in [1.82, 2.24) is 15.6 Å². The van der Waals surface area contributed by atoms with Gasteiger partial charge >= 0.3 is 6.03 Å². The number of aromatic nitrogens is 1. The van der Waals surface area contributed by atoms with Crippen molar-refractivity contribution in [2.75, 3.05) is 5.32 Å². The quantitative estimate of drug-likeness (QED) is 0.669. The molecular weight excluding hydrogens is 320 g/mol. The highest BCUT2D eigenvalue weighted by molar-refractivity contribution is 5.93. The second kappa shape index (κ2) is 8.14. The number of nitrogens with one attached hydrogen (secondary N) is 4. The molecule has 1 aromatic heterocycles. The van der Waals surface area contributed by atoms with Crippen LogP contribution in [0.15, 0.2) is 41.2 Å². The highest BCUT2D eigenvalue weighted by atomic mass is 16.2. The normalized spacial score (nSPS) is 10.4. The van der Waals surface area contributed by atoms with Gasteiger partial charge in [0.15, 0.2) is 0 Å². The van der Waals surface area contributed by atoms with Crippen molar-refractivity contribution in [3.63, 3.8) is 0 Å². The zero-order chi connectivity index (χ0) is 18.4. The SMILES string of the molecule is Cc1ccc(C(=O)NCc2ccc(NC(=O)NC(C)C)cc2)c(=O)[nH]1. The average Bonchev–Trinajstić information content (AvgIpc) is 2.53. The topological polar surface area (TPSA) is 103 Å². The average molecular weight is 342 g/mol. The zero-order valence-corrected chi connectivity index (χ0v) is 14.5. The molecule has 3 amide bonds. The lowest BCUT2D eigenvalue weighted by atomic mass is 10.2. The molecule has 0 spiro atoms. The first kappa shape index (κ1) is 18.3. The maximum absolute atomic E-state index is 12.1. The van der Waals surface area contributed by atoms with Crippen LogP contribution in [0.5, 0.6) is 0 Å². The number of hydrogen-bond donors (Lipinski definition) is 4. The number of carbonyl (C=O) groups is 2. The number of benzene rings is 1. The van der Waals surface area contributed by atoms with Crippen LogP contribution in [0.1, 0.15) is 35.5 Å². The van der Waals surface area contributed by atoms with Crippen molar-refractivity contribution in [3.05, 3.63) is 63.6 Å². The van der Waals surface area contributed by atoms with Gasteiger partial charge in [0.05, 0.1) is 0 Å². The maximum atomic E-state index is 12.1. The standard InChI is InChI=1S/C18H22N4O3/c1-11(2)20-18(25)22-14-7-5-13(6-8-14)10-19-16(23)15-9-4-12(3)21-17(15)24/h4-9,11H,10H2,1-3H3,(H,19,23)(H,21,24)(H2,20,22,25). The summed E-state index contributed by atoms with van der Waals surface area (Å²) in [6.07, 6.45) is 0. The van der Waals surface area contributed by atoms with E-state index >= 15 is 0 Å². The third-order valence-electron chi connectivity index (χ3n) is 3.38. The van der Waals surface area contributed by atoms with E-state index in [1.54, 1.807) is 37.3 Å². The summed E-state index contributed by atoms with van der Waals surface area (Å²) in [4.78, 5) is 38.0. The Morgan fingerprint density at radius 1 is 1.08 bits per heavy atom. The van der Waals surface area contributed by atoms with Crippen molar-refractivity contribution in [1.29, 1.82) is 0 Å². The Morgan fingerprint density at radius 3 is 2.36 bits per heavy atom. The van der Waals surface area contributed by atoms with Gasteiger partial charge in [-0.2, -0.15) is 0 Å². The van der Waals surface area contributed by atoms with Gasteiger partial charge in [-0.1, -0.05) is 12.1 Å². The third-order valence-corrected chi connectivity index (χ3v) is 3.38. The fourth-order valence-electron chi connectivity index (χ4n) is 2.16. The number of hydrogen-bond acceptors (Lipinski definition) is 3. The van der Waals surface area contributed by atoms with Crippen LogP contribution < -0.4 is 21.5 Å². The Hall–Kier alpha value is -3.09. The Kier molecular flexibility index (Phi) is 5.94. The van der Waals surface area contributed by atoms with E-state index in [1.807, 2.05) is 13.8 Å². The monoisotopic (exact) mass is 342 g/mol. The lowest BCUT2D eigenvalue weighted by Crippen LogP contribution is -2.34. The number of aryl methyl sites for hydroxylation is 1. The van der Waals surface area contributed by atoms with E-state index in [0.717, 1.165) is 5.56 Å². The minimum Gasteiger partial charge on any atom is -0.348 e. The Labute approximate surface area is 145 Å². The Balaban J connectivity index is 1.92. The zero-order valence-electron chi connectivity index (χ0n) is 14.5. The van der Waals surface area contributed by atoms with Crippen LogP contribution in [0, 0.1) is 6.92 Å². The molecule has 2 aromatic rings. The first-order chi connectivity index (χ1) is 11.8. The molecule has 0 saturated carbocycles. The summed E-state index contributed by atoms with van der Waals surface area (Å²) in [6.45, 7) is 5.79. The van der Waals surface area contributed by atoms with Crippen molar-refractivity contribution in [3.8, 4) is 0 Å². The Bertz CT molecular complexity index is 810. The van der Waals surface area contributed by atoms with E-state index in [-0.39, 0.29) is 24.2 Å². The van der Waals surface area contributed by atoms with E-state index in [0.29, 0.717) is 11.4 Å². The van der Waals surface area contributed by atoms with Crippen LogP contribution in [0.3, 0.4) is 0 Å². The van der Waals surface area contributed by atoms with E-state index in [9.17, 15) is 14.4 Å². The van der Waals surface area contributed by atoms with Crippen LogP contribution in [-0.2, 0) is 6.54 Å². The summed E-state index contributed by atoms with van der Waals surface area (Å²) in [5.41, 5.74) is 1.88. The van der Waals surface area contributed by atoms with Gasteiger partial charge in [0.2, 0.25) is 0 Å². The van der Waals surface area contributed by atoms with Crippen molar-refractivity contribution in [2.45, 2.75) is 33.4 Å². The van der Waals surface area contributed by atoms with Crippen molar-refractivity contribution in [2.24, 2.45) is 0 Å². The van der Waals surface area contributed by atoms with Gasteiger partial charge in [-0.25, -0.2) is 4.79 Å². The van der Waals surface area contributed by atoms with E-state index in [2.05, 4.69) is 20.9 Å². The fraction of sp³-hybridized carbons (Fsp3) is 0.278. The van der Waals surface area contributed by atoms with Gasteiger partial charge in [-0.05, 0) is 50.6 Å². The van der Waals surface area contributed by atoms with E-state index in [4.69, 9.17) is 0 Å². The van der Waals surface area contributed by atoms with Crippen LogP contribution in [-0.4, -0.2) is 23.0 Å². The number of carbonyl (C=O) groups excluding carboxylic acids is 2. The molecular formula is C18H22N4O3. The third kappa shape index (κ3) is 5.49. The summed E-state index contributed by atoms with van der Waals surface area (Å²) < 4.78 is 0. The lowest BCUT2D eigenvalue weighted by Gasteiger charge is -2.11. The summed E-state index contributed by atoms with van der Waals surface area (Å²) >= 11 is 0. The van der Waals surface area contributed by atoms with Gasteiger partial charge in [0.1, 0.15) is 5.56 Å². The van der Waals surface area contributed by atoms with Gasteiger partial charge in [-0.3, -0.25) is 9.59 Å². The molecule has 0 bridgehead atoms. The largest absolute Gasteiger partial charge is 0.348 e. The highest BCUT2D eigenvalue weighted by Gasteiger charge is 2.10. The van der Waals surface area contributed by atoms with Crippen LogP contribution in [0.25, 0.3) is 0 Å². The predicted molar refractivity (Wildman–Crippen MR) is 96.7 cm³/mol. The molecule has 0 unspecified atom stereocenters. The smallest absolute Gasteiger partial charge is 0.319 e. The number of aromatic amines is 1. The summed E-state index contributed by atoms with van der Waals surface area (Å²) in [6, 6.07) is 10.1. The summed E-state index contributed by atoms with van der Waals surface area (Å²) in [5, 5.41) is 8.16. The van der Waals surface area contributed by atoms with Crippen LogP contribution in [0.2, 0.25) is 0 Å². The maximum Gasteiger partial charge on any atom is 0.319 e. The molecule has 0 atom stereocenters. The number of amides is 3. The molecule has 0 fully saturated rings. The second-order valence-corrected chi connectivity index (χ2v) is 6.02. The predicted octanol–water partition coefficient (Wildman–Crippen LogP) is 2.14.